The molecule has 1 heterocycles. The minimum Gasteiger partial charge on any atom is -0.300 e. The van der Waals surface area contributed by atoms with Crippen LogP contribution in [0.5, 0.6) is 0 Å². The molecule has 0 saturated heterocycles. The third kappa shape index (κ3) is 3.60. The minimum atomic E-state index is 0.557. The van der Waals surface area contributed by atoms with Gasteiger partial charge in [-0.3, -0.25) is 10.9 Å². The van der Waals surface area contributed by atoms with Crippen molar-refractivity contribution in [1.29, 1.82) is 5.26 Å². The normalized spacial score (nSPS) is 12.7. The molecule has 0 radical (unpaired) electrons. The predicted octanol–water partition coefficient (Wildman–Crippen LogP) is 5.59. The molecule has 4 rings (SSSR count). The van der Waals surface area contributed by atoms with Crippen molar-refractivity contribution in [2.24, 2.45) is 0 Å². The van der Waals surface area contributed by atoms with Crippen LogP contribution in [0.3, 0.4) is 0 Å². The number of hydrogen-bond donors (Lipinski definition) is 2. The molecule has 0 atom stereocenters. The molecule has 1 aromatic heterocycles. The fraction of sp³-hybridized carbons (Fsp3) is 0.182. The lowest BCUT2D eigenvalue weighted by Crippen LogP contribution is -2.16. The van der Waals surface area contributed by atoms with Gasteiger partial charge in [0.1, 0.15) is 11.6 Å². The standard InChI is InChI=1S/C22H19ClN4/c23-16-12-10-15(11-13-16)21-18-8-4-5-9-20(18)25-22(19(21)14-24)27-26-17-6-2-1-3-7-17/h1-3,6-7,10-13,26H,4-5,8-9H2,(H,25,27). The molecule has 2 aromatic carbocycles. The maximum Gasteiger partial charge on any atom is 0.163 e. The number of nitriles is 1. The predicted molar refractivity (Wildman–Crippen MR) is 110 cm³/mol. The Morgan fingerprint density at radius 3 is 2.41 bits per heavy atom. The third-order valence-electron chi connectivity index (χ3n) is 4.82. The molecule has 0 fully saturated rings. The lowest BCUT2D eigenvalue weighted by atomic mass is 9.86. The van der Waals surface area contributed by atoms with E-state index in [-0.39, 0.29) is 0 Å². The summed E-state index contributed by atoms with van der Waals surface area (Å²) in [6.45, 7) is 0. The van der Waals surface area contributed by atoms with Crippen LogP contribution in [0.25, 0.3) is 11.1 Å². The Morgan fingerprint density at radius 1 is 0.926 bits per heavy atom. The van der Waals surface area contributed by atoms with Crippen LogP contribution in [0.1, 0.15) is 29.7 Å². The van der Waals surface area contributed by atoms with E-state index >= 15 is 0 Å². The highest BCUT2D eigenvalue weighted by molar-refractivity contribution is 6.30. The molecule has 2 N–H and O–H groups in total. The summed E-state index contributed by atoms with van der Waals surface area (Å²) < 4.78 is 0. The number of nitrogens with one attached hydrogen (secondary N) is 2. The number of benzene rings is 2. The summed E-state index contributed by atoms with van der Waals surface area (Å²) in [5.74, 6) is 0.562. The topological polar surface area (TPSA) is 60.7 Å². The summed E-state index contributed by atoms with van der Waals surface area (Å²) in [6.07, 6.45) is 4.12. The van der Waals surface area contributed by atoms with E-state index in [0.29, 0.717) is 16.4 Å². The van der Waals surface area contributed by atoms with Gasteiger partial charge in [-0.05, 0) is 61.1 Å². The molecule has 0 aliphatic heterocycles. The maximum absolute atomic E-state index is 9.93. The first kappa shape index (κ1) is 17.4. The largest absolute Gasteiger partial charge is 0.300 e. The van der Waals surface area contributed by atoms with E-state index in [2.05, 4.69) is 16.9 Å². The summed E-state index contributed by atoms with van der Waals surface area (Å²) in [5, 5.41) is 10.6. The van der Waals surface area contributed by atoms with Gasteiger partial charge in [-0.15, -0.1) is 0 Å². The molecule has 134 valence electrons. The van der Waals surface area contributed by atoms with Crippen LogP contribution in [0.2, 0.25) is 5.02 Å². The summed E-state index contributed by atoms with van der Waals surface area (Å²) in [6, 6.07) is 19.8. The number of fused-ring (bicyclic) bond motifs is 1. The number of para-hydroxylation sites is 1. The molecule has 0 amide bonds. The smallest absolute Gasteiger partial charge is 0.163 e. The molecule has 0 saturated carbocycles. The van der Waals surface area contributed by atoms with E-state index in [0.717, 1.165) is 48.2 Å². The number of hydrogen-bond acceptors (Lipinski definition) is 4. The van der Waals surface area contributed by atoms with Gasteiger partial charge in [0.2, 0.25) is 0 Å². The summed E-state index contributed by atoms with van der Waals surface area (Å²) >= 11 is 6.07. The second-order valence-electron chi connectivity index (χ2n) is 6.58. The number of rotatable bonds is 4. The van der Waals surface area contributed by atoms with Crippen LogP contribution < -0.4 is 10.9 Å². The van der Waals surface area contributed by atoms with Crippen molar-refractivity contribution in [3.05, 3.63) is 76.4 Å². The average molecular weight is 375 g/mol. The highest BCUT2D eigenvalue weighted by atomic mass is 35.5. The quantitative estimate of drug-likeness (QED) is 0.584. The Labute approximate surface area is 163 Å². The molecule has 5 heteroatoms. The lowest BCUT2D eigenvalue weighted by Gasteiger charge is -2.22. The van der Waals surface area contributed by atoms with Gasteiger partial charge >= 0.3 is 0 Å². The molecule has 27 heavy (non-hydrogen) atoms. The first-order valence-corrected chi connectivity index (χ1v) is 9.43. The fourth-order valence-electron chi connectivity index (χ4n) is 3.53. The molecule has 0 bridgehead atoms. The zero-order valence-electron chi connectivity index (χ0n) is 14.8. The van der Waals surface area contributed by atoms with Gasteiger partial charge < -0.3 is 0 Å². The Balaban J connectivity index is 1.81. The maximum atomic E-state index is 9.93. The summed E-state index contributed by atoms with van der Waals surface area (Å²) in [4.78, 5) is 4.78. The van der Waals surface area contributed by atoms with Gasteiger partial charge in [-0.1, -0.05) is 41.9 Å². The first-order chi connectivity index (χ1) is 13.3. The van der Waals surface area contributed by atoms with Gasteiger partial charge in [-0.25, -0.2) is 4.98 Å². The van der Waals surface area contributed by atoms with E-state index in [4.69, 9.17) is 16.6 Å². The number of halogens is 1. The molecule has 0 unspecified atom stereocenters. The van der Waals surface area contributed by atoms with E-state index in [1.54, 1.807) is 0 Å². The van der Waals surface area contributed by atoms with Crippen molar-refractivity contribution >= 4 is 23.1 Å². The van der Waals surface area contributed by atoms with Crippen LogP contribution in [0, 0.1) is 11.3 Å². The minimum absolute atomic E-state index is 0.557. The highest BCUT2D eigenvalue weighted by Crippen LogP contribution is 2.37. The van der Waals surface area contributed by atoms with Gasteiger partial charge in [0.05, 0.1) is 5.69 Å². The Kier molecular flexibility index (Phi) is 4.95. The molecule has 0 spiro atoms. The van der Waals surface area contributed by atoms with Crippen molar-refractivity contribution in [3.63, 3.8) is 0 Å². The Hall–Kier alpha value is -3.03. The van der Waals surface area contributed by atoms with Gasteiger partial charge in [0, 0.05) is 16.3 Å². The van der Waals surface area contributed by atoms with Crippen molar-refractivity contribution in [2.75, 3.05) is 10.9 Å². The van der Waals surface area contributed by atoms with Crippen molar-refractivity contribution < 1.29 is 0 Å². The zero-order chi connectivity index (χ0) is 18.6. The fourth-order valence-corrected chi connectivity index (χ4v) is 3.66. The third-order valence-corrected chi connectivity index (χ3v) is 5.07. The van der Waals surface area contributed by atoms with Crippen LogP contribution >= 0.6 is 11.6 Å². The van der Waals surface area contributed by atoms with E-state index < -0.39 is 0 Å². The molecule has 1 aliphatic rings. The van der Waals surface area contributed by atoms with Crippen molar-refractivity contribution in [1.82, 2.24) is 4.98 Å². The van der Waals surface area contributed by atoms with Crippen molar-refractivity contribution in [3.8, 4) is 17.2 Å². The number of anilines is 2. The average Bonchev–Trinajstić information content (AvgIpc) is 2.72. The van der Waals surface area contributed by atoms with Crippen LogP contribution in [0.15, 0.2) is 54.6 Å². The SMILES string of the molecule is N#Cc1c(NNc2ccccc2)nc2c(c1-c1ccc(Cl)cc1)CCCC2. The molecular weight excluding hydrogens is 356 g/mol. The molecule has 4 nitrogen and oxygen atoms in total. The molecule has 3 aromatic rings. The van der Waals surface area contributed by atoms with Crippen molar-refractivity contribution in [2.45, 2.75) is 25.7 Å². The lowest BCUT2D eigenvalue weighted by molar-refractivity contribution is 0.669. The summed E-state index contributed by atoms with van der Waals surface area (Å²) in [7, 11) is 0. The summed E-state index contributed by atoms with van der Waals surface area (Å²) in [5.41, 5.74) is 12.0. The van der Waals surface area contributed by atoms with E-state index in [9.17, 15) is 5.26 Å². The van der Waals surface area contributed by atoms with E-state index in [1.165, 1.54) is 5.56 Å². The van der Waals surface area contributed by atoms with Gasteiger partial charge in [0.15, 0.2) is 5.82 Å². The molecular formula is C22H19ClN4. The van der Waals surface area contributed by atoms with Crippen LogP contribution in [-0.4, -0.2) is 4.98 Å². The van der Waals surface area contributed by atoms with E-state index in [1.807, 2.05) is 54.6 Å². The molecule has 1 aliphatic carbocycles. The number of nitrogens with zero attached hydrogens (tertiary/aromatic N) is 2. The van der Waals surface area contributed by atoms with Gasteiger partial charge in [-0.2, -0.15) is 5.26 Å². The second-order valence-corrected chi connectivity index (χ2v) is 7.01. The van der Waals surface area contributed by atoms with Gasteiger partial charge in [0.25, 0.3) is 0 Å². The zero-order valence-corrected chi connectivity index (χ0v) is 15.6. The Bertz CT molecular complexity index is 992. The Morgan fingerprint density at radius 2 is 1.67 bits per heavy atom. The number of hydrazine groups is 1. The van der Waals surface area contributed by atoms with Crippen LogP contribution in [-0.2, 0) is 12.8 Å². The first-order valence-electron chi connectivity index (χ1n) is 9.05. The van der Waals surface area contributed by atoms with Crippen LogP contribution in [0.4, 0.5) is 11.5 Å². The monoisotopic (exact) mass is 374 g/mol. The second kappa shape index (κ2) is 7.69. The highest BCUT2D eigenvalue weighted by Gasteiger charge is 2.23. The number of aryl methyl sites for hydroxylation is 1. The number of pyridine rings is 1. The number of aromatic nitrogens is 1.